The molecule has 110 valence electrons. The molecule has 0 aliphatic heterocycles. The summed E-state index contributed by atoms with van der Waals surface area (Å²) in [5, 5.41) is 0. The van der Waals surface area contributed by atoms with Gasteiger partial charge in [0.2, 0.25) is 0 Å². The summed E-state index contributed by atoms with van der Waals surface area (Å²) in [4.78, 5) is 21.7. The van der Waals surface area contributed by atoms with Gasteiger partial charge in [0.05, 0.1) is 6.26 Å². The Morgan fingerprint density at radius 2 is 2.20 bits per heavy atom. The average Bonchev–Trinajstić information content (AvgIpc) is 2.34. The molecule has 3 heteroatoms. The number of aldehydes is 1. The number of carbonyl (C=O) groups is 2. The van der Waals surface area contributed by atoms with Gasteiger partial charge in [0.25, 0.3) is 0 Å². The van der Waals surface area contributed by atoms with E-state index in [0.29, 0.717) is 11.5 Å². The van der Waals surface area contributed by atoms with Crippen molar-refractivity contribution in [1.29, 1.82) is 0 Å². The van der Waals surface area contributed by atoms with Crippen LogP contribution in [0.15, 0.2) is 36.1 Å². The number of allylic oxidation sites excluding steroid dienone is 4. The quantitative estimate of drug-likeness (QED) is 0.191. The van der Waals surface area contributed by atoms with Gasteiger partial charge in [-0.25, -0.2) is 0 Å². The first kappa shape index (κ1) is 16.4. The summed E-state index contributed by atoms with van der Waals surface area (Å²) in [7, 11) is 0. The first-order valence-electron chi connectivity index (χ1n) is 7.03. The fourth-order valence-electron chi connectivity index (χ4n) is 2.78. The molecule has 1 rings (SSSR count). The molecule has 0 spiro atoms. The minimum absolute atomic E-state index is 0.222. The second-order valence-electron chi connectivity index (χ2n) is 6.02. The van der Waals surface area contributed by atoms with Crippen molar-refractivity contribution in [3.05, 3.63) is 36.1 Å². The van der Waals surface area contributed by atoms with Crippen molar-refractivity contribution in [3.8, 4) is 0 Å². The molecule has 0 aromatic carbocycles. The lowest BCUT2D eigenvalue weighted by Crippen LogP contribution is -2.29. The minimum atomic E-state index is -0.395. The van der Waals surface area contributed by atoms with Crippen LogP contribution in [0.4, 0.5) is 0 Å². The maximum Gasteiger partial charge on any atom is 0.307 e. The Labute approximate surface area is 121 Å². The fraction of sp³-hybridized carbons (Fsp3) is 0.529. The Balaban J connectivity index is 2.71. The van der Waals surface area contributed by atoms with Crippen LogP contribution in [-0.2, 0) is 14.3 Å². The van der Waals surface area contributed by atoms with Crippen molar-refractivity contribution < 1.29 is 14.3 Å². The molecule has 3 nitrogen and oxygen atoms in total. The Morgan fingerprint density at radius 3 is 2.75 bits per heavy atom. The van der Waals surface area contributed by atoms with Crippen LogP contribution in [-0.4, -0.2) is 12.3 Å². The third-order valence-electron chi connectivity index (χ3n) is 3.97. The summed E-state index contributed by atoms with van der Waals surface area (Å²) in [5.74, 6) is 0.00150. The molecule has 1 fully saturated rings. The SMILES string of the molecule is C=C1CCCC(C)(C)C1CC=C(C=O)C=COC(C)=O. The van der Waals surface area contributed by atoms with Crippen LogP contribution in [0, 0.1) is 11.3 Å². The predicted octanol–water partition coefficient (Wildman–Crippen LogP) is 3.96. The molecule has 1 aliphatic rings. The number of ether oxygens (including phenoxy) is 1. The predicted molar refractivity (Wildman–Crippen MR) is 79.9 cm³/mol. The van der Waals surface area contributed by atoms with Crippen LogP contribution in [0.25, 0.3) is 0 Å². The Bertz CT molecular complexity index is 441. The lowest BCUT2D eigenvalue weighted by atomic mass is 9.65. The second kappa shape index (κ2) is 7.22. The Kier molecular flexibility index (Phi) is 5.93. The standard InChI is InChI=1S/C17H24O3/c1-13-6-5-10-17(3,4)16(13)8-7-15(12-18)9-11-20-14(2)19/h7,9,11-12,16H,1,5-6,8,10H2,2-4H3. The monoisotopic (exact) mass is 276 g/mol. The number of esters is 1. The molecule has 1 aliphatic carbocycles. The molecule has 0 aromatic rings. The smallest absolute Gasteiger partial charge is 0.307 e. The van der Waals surface area contributed by atoms with E-state index < -0.39 is 5.97 Å². The van der Waals surface area contributed by atoms with Crippen molar-refractivity contribution in [3.63, 3.8) is 0 Å². The molecule has 1 atom stereocenters. The van der Waals surface area contributed by atoms with Crippen molar-refractivity contribution in [2.75, 3.05) is 0 Å². The lowest BCUT2D eigenvalue weighted by Gasteiger charge is -2.40. The van der Waals surface area contributed by atoms with Gasteiger partial charge in [0.1, 0.15) is 6.29 Å². The maximum atomic E-state index is 11.0. The van der Waals surface area contributed by atoms with Gasteiger partial charge in [-0.15, -0.1) is 0 Å². The van der Waals surface area contributed by atoms with E-state index in [9.17, 15) is 9.59 Å². The second-order valence-corrected chi connectivity index (χ2v) is 6.02. The van der Waals surface area contributed by atoms with E-state index in [1.165, 1.54) is 37.7 Å². The van der Waals surface area contributed by atoms with Crippen molar-refractivity contribution in [2.24, 2.45) is 11.3 Å². The largest absolute Gasteiger partial charge is 0.435 e. The molecule has 1 unspecified atom stereocenters. The lowest BCUT2D eigenvalue weighted by molar-refractivity contribution is -0.135. The van der Waals surface area contributed by atoms with Crippen molar-refractivity contribution in [2.45, 2.75) is 46.5 Å². The number of rotatable bonds is 5. The first-order valence-corrected chi connectivity index (χ1v) is 7.03. The third kappa shape index (κ3) is 4.80. The van der Waals surface area contributed by atoms with Crippen LogP contribution in [0.5, 0.6) is 0 Å². The van der Waals surface area contributed by atoms with E-state index in [1.54, 1.807) is 0 Å². The first-order chi connectivity index (χ1) is 9.36. The average molecular weight is 276 g/mol. The van der Waals surface area contributed by atoms with Gasteiger partial charge in [0, 0.05) is 12.5 Å². The number of carbonyl (C=O) groups excluding carboxylic acids is 2. The molecule has 0 heterocycles. The van der Waals surface area contributed by atoms with E-state index in [0.717, 1.165) is 19.1 Å². The highest BCUT2D eigenvalue weighted by atomic mass is 16.5. The number of hydrogen-bond acceptors (Lipinski definition) is 3. The third-order valence-corrected chi connectivity index (χ3v) is 3.97. The van der Waals surface area contributed by atoms with E-state index in [4.69, 9.17) is 4.74 Å². The molecule has 0 saturated heterocycles. The highest BCUT2D eigenvalue weighted by molar-refractivity contribution is 5.77. The number of hydrogen-bond donors (Lipinski definition) is 0. The van der Waals surface area contributed by atoms with E-state index >= 15 is 0 Å². The van der Waals surface area contributed by atoms with E-state index in [-0.39, 0.29) is 5.41 Å². The zero-order chi connectivity index (χ0) is 15.2. The van der Waals surface area contributed by atoms with Gasteiger partial charge in [-0.05, 0) is 43.1 Å². The van der Waals surface area contributed by atoms with Crippen LogP contribution in [0.3, 0.4) is 0 Å². The topological polar surface area (TPSA) is 43.4 Å². The molecule has 0 bridgehead atoms. The maximum absolute atomic E-state index is 11.0. The van der Waals surface area contributed by atoms with Crippen LogP contribution in [0.1, 0.15) is 46.5 Å². The van der Waals surface area contributed by atoms with Gasteiger partial charge >= 0.3 is 5.97 Å². The summed E-state index contributed by atoms with van der Waals surface area (Å²) in [6, 6.07) is 0. The van der Waals surface area contributed by atoms with Gasteiger partial charge in [0.15, 0.2) is 0 Å². The molecular weight excluding hydrogens is 252 g/mol. The Hall–Kier alpha value is -1.64. The van der Waals surface area contributed by atoms with Crippen LogP contribution in [0.2, 0.25) is 0 Å². The van der Waals surface area contributed by atoms with E-state index in [2.05, 4.69) is 20.4 Å². The highest BCUT2D eigenvalue weighted by Gasteiger charge is 2.33. The van der Waals surface area contributed by atoms with Crippen molar-refractivity contribution >= 4 is 12.3 Å². The van der Waals surface area contributed by atoms with Gasteiger partial charge in [-0.1, -0.05) is 32.1 Å². The highest BCUT2D eigenvalue weighted by Crippen LogP contribution is 2.45. The van der Waals surface area contributed by atoms with Gasteiger partial charge < -0.3 is 4.74 Å². The molecule has 1 saturated carbocycles. The van der Waals surface area contributed by atoms with Crippen LogP contribution < -0.4 is 0 Å². The zero-order valence-electron chi connectivity index (χ0n) is 12.6. The Morgan fingerprint density at radius 1 is 1.50 bits per heavy atom. The molecule has 0 amide bonds. The van der Waals surface area contributed by atoms with Gasteiger partial charge in [-0.3, -0.25) is 9.59 Å². The molecule has 0 radical (unpaired) electrons. The summed E-state index contributed by atoms with van der Waals surface area (Å²) in [5.41, 5.74) is 2.02. The summed E-state index contributed by atoms with van der Waals surface area (Å²) in [6.07, 6.45) is 9.69. The fourth-order valence-corrected chi connectivity index (χ4v) is 2.78. The molecule has 20 heavy (non-hydrogen) atoms. The normalized spacial score (nSPS) is 22.9. The summed E-state index contributed by atoms with van der Waals surface area (Å²) < 4.78 is 4.69. The molecule has 0 N–H and O–H groups in total. The van der Waals surface area contributed by atoms with Crippen molar-refractivity contribution in [1.82, 2.24) is 0 Å². The zero-order valence-corrected chi connectivity index (χ0v) is 12.6. The molecule has 0 aromatic heterocycles. The minimum Gasteiger partial charge on any atom is -0.435 e. The van der Waals surface area contributed by atoms with E-state index in [1.807, 2.05) is 6.08 Å². The van der Waals surface area contributed by atoms with Gasteiger partial charge in [-0.2, -0.15) is 0 Å². The molecular formula is C17H24O3. The van der Waals surface area contributed by atoms with Crippen LogP contribution >= 0.6 is 0 Å². The summed E-state index contributed by atoms with van der Waals surface area (Å²) in [6.45, 7) is 10.0. The summed E-state index contributed by atoms with van der Waals surface area (Å²) >= 11 is 0.